The third-order valence-corrected chi connectivity index (χ3v) is 14.4. The van der Waals surface area contributed by atoms with Crippen LogP contribution in [0, 0.1) is 23.0 Å². The molecule has 0 saturated heterocycles. The van der Waals surface area contributed by atoms with E-state index in [4.69, 9.17) is 0 Å². The first-order valence-electron chi connectivity index (χ1n) is 28.1. The molecule has 0 aromatic rings. The van der Waals surface area contributed by atoms with Gasteiger partial charge in [-0.3, -0.25) is 12.2 Å². The SMILES string of the molecule is CCCCCC1=[C-]C(CCCCC)(CCCCC)C(CCCCC)=C1CCCCC.CCCCCC1=[C-]C(CCCCC)(CCCCC)C(CCCCC)=C1CCCCC.[Fe+2]. The van der Waals surface area contributed by atoms with Crippen molar-refractivity contribution < 1.29 is 17.1 Å². The van der Waals surface area contributed by atoms with E-state index in [9.17, 15) is 0 Å². The van der Waals surface area contributed by atoms with Crippen molar-refractivity contribution in [1.82, 2.24) is 0 Å². The zero-order valence-corrected chi connectivity index (χ0v) is 44.7. The first-order chi connectivity index (χ1) is 29.4. The van der Waals surface area contributed by atoms with Gasteiger partial charge in [-0.05, 0) is 12.8 Å². The Morgan fingerprint density at radius 3 is 0.721 bits per heavy atom. The molecule has 0 fully saturated rings. The van der Waals surface area contributed by atoms with E-state index in [-0.39, 0.29) is 17.1 Å². The maximum absolute atomic E-state index is 4.28. The van der Waals surface area contributed by atoms with Crippen molar-refractivity contribution in [3.63, 3.8) is 0 Å². The van der Waals surface area contributed by atoms with Crippen LogP contribution >= 0.6 is 0 Å². The van der Waals surface area contributed by atoms with Gasteiger partial charge in [0.1, 0.15) is 0 Å². The molecule has 0 nitrogen and oxygen atoms in total. The Hall–Kier alpha value is -0.521. The predicted molar refractivity (Wildman–Crippen MR) is 274 cm³/mol. The molecule has 61 heavy (non-hydrogen) atoms. The zero-order valence-electron chi connectivity index (χ0n) is 43.6. The van der Waals surface area contributed by atoms with Crippen LogP contribution in [0.3, 0.4) is 0 Å². The molecule has 1 heteroatoms. The van der Waals surface area contributed by atoms with Gasteiger partial charge in [0.15, 0.2) is 0 Å². The minimum atomic E-state index is 0. The van der Waals surface area contributed by atoms with Crippen LogP contribution < -0.4 is 0 Å². The van der Waals surface area contributed by atoms with Crippen molar-refractivity contribution in [3.8, 4) is 0 Å². The Kier molecular flexibility index (Phi) is 39.5. The monoisotopic (exact) mass is 887 g/mol. The van der Waals surface area contributed by atoms with E-state index >= 15 is 0 Å². The molecule has 2 aliphatic carbocycles. The Labute approximate surface area is 397 Å². The summed E-state index contributed by atoms with van der Waals surface area (Å²) in [5.41, 5.74) is 11.2. The van der Waals surface area contributed by atoms with Crippen LogP contribution in [-0.2, 0) is 17.1 Å². The van der Waals surface area contributed by atoms with Crippen LogP contribution in [0.1, 0.15) is 326 Å². The summed E-state index contributed by atoms with van der Waals surface area (Å²) in [7, 11) is 0. The number of hydrogen-bond donors (Lipinski definition) is 0. The van der Waals surface area contributed by atoms with Gasteiger partial charge in [-0.25, -0.2) is 11.1 Å². The van der Waals surface area contributed by atoms with Crippen LogP contribution in [0.2, 0.25) is 0 Å². The average Bonchev–Trinajstić information content (AvgIpc) is 3.69. The molecule has 2 rings (SSSR count). The molecule has 0 amide bonds. The Morgan fingerprint density at radius 2 is 0.475 bits per heavy atom. The second kappa shape index (κ2) is 39.8. The summed E-state index contributed by atoms with van der Waals surface area (Å²) in [6, 6.07) is 0. The molecule has 0 radical (unpaired) electrons. The van der Waals surface area contributed by atoms with Crippen molar-refractivity contribution >= 4 is 0 Å². The molecule has 0 aromatic carbocycles. The van der Waals surface area contributed by atoms with Crippen LogP contribution in [0.15, 0.2) is 33.4 Å². The van der Waals surface area contributed by atoms with Crippen molar-refractivity contribution in [1.29, 1.82) is 0 Å². The van der Waals surface area contributed by atoms with Gasteiger partial charge in [-0.15, -0.1) is 0 Å². The standard InChI is InChI=1S/2C30H55.Fe/c2*1-6-11-16-21-27-26-30(24-19-14-9-4,25-20-15-10-5)29(23-18-13-8-3)28(27)22-17-12-7-2;/h2*6-25H2,1-5H3;/q2*-1;+2. The quantitative estimate of drug-likeness (QED) is 0.0327. The van der Waals surface area contributed by atoms with E-state index in [2.05, 4.69) is 81.4 Å². The van der Waals surface area contributed by atoms with Gasteiger partial charge < -0.3 is 0 Å². The maximum Gasteiger partial charge on any atom is 2.00 e. The third kappa shape index (κ3) is 23.5. The van der Waals surface area contributed by atoms with Gasteiger partial charge >= 0.3 is 17.1 Å². The number of hydrogen-bond acceptors (Lipinski definition) is 0. The fourth-order valence-corrected chi connectivity index (χ4v) is 10.8. The summed E-state index contributed by atoms with van der Waals surface area (Å²) < 4.78 is 0. The van der Waals surface area contributed by atoms with E-state index in [0.717, 1.165) is 0 Å². The largest absolute Gasteiger partial charge is 2.00 e. The van der Waals surface area contributed by atoms with Crippen molar-refractivity contribution in [2.24, 2.45) is 10.8 Å². The second-order valence-electron chi connectivity index (χ2n) is 19.9. The van der Waals surface area contributed by atoms with E-state index in [1.807, 2.05) is 11.1 Å². The van der Waals surface area contributed by atoms with E-state index in [0.29, 0.717) is 10.8 Å². The molecule has 0 unspecified atom stereocenters. The number of rotatable bonds is 40. The van der Waals surface area contributed by atoms with Crippen molar-refractivity contribution in [2.75, 3.05) is 0 Å². The van der Waals surface area contributed by atoms with Crippen molar-refractivity contribution in [2.45, 2.75) is 326 Å². The van der Waals surface area contributed by atoms with Crippen LogP contribution in [0.5, 0.6) is 0 Å². The first kappa shape index (κ1) is 60.5. The van der Waals surface area contributed by atoms with Crippen LogP contribution in [-0.4, -0.2) is 0 Å². The van der Waals surface area contributed by atoms with Gasteiger partial charge in [0.05, 0.1) is 0 Å². The molecular formula is C60H110Fe. The topological polar surface area (TPSA) is 0 Å². The second-order valence-corrected chi connectivity index (χ2v) is 19.9. The fraction of sp³-hybridized carbons (Fsp3) is 0.867. The van der Waals surface area contributed by atoms with Gasteiger partial charge in [-0.1, -0.05) is 324 Å². The predicted octanol–water partition coefficient (Wildman–Crippen LogP) is 21.8. The summed E-state index contributed by atoms with van der Waals surface area (Å²) in [5.74, 6) is 0. The molecule has 0 spiro atoms. The third-order valence-electron chi connectivity index (χ3n) is 14.4. The molecule has 0 heterocycles. The fourth-order valence-electron chi connectivity index (χ4n) is 10.8. The van der Waals surface area contributed by atoms with Crippen LogP contribution in [0.25, 0.3) is 0 Å². The molecule has 0 aromatic heterocycles. The Bertz CT molecular complexity index is 1030. The van der Waals surface area contributed by atoms with E-state index < -0.39 is 0 Å². The van der Waals surface area contributed by atoms with E-state index in [1.165, 1.54) is 257 Å². The van der Waals surface area contributed by atoms with E-state index in [1.54, 1.807) is 22.3 Å². The number of unbranched alkanes of at least 4 members (excludes halogenated alkanes) is 20. The maximum atomic E-state index is 4.28. The minimum absolute atomic E-state index is 0. The molecule has 2 aliphatic rings. The Morgan fingerprint density at radius 1 is 0.262 bits per heavy atom. The molecule has 0 bridgehead atoms. The molecule has 0 atom stereocenters. The molecule has 358 valence electrons. The Balaban J connectivity index is 0.00000116. The summed E-state index contributed by atoms with van der Waals surface area (Å²) in [5, 5.41) is 0. The summed E-state index contributed by atoms with van der Waals surface area (Å²) >= 11 is 0. The van der Waals surface area contributed by atoms with Crippen LogP contribution in [0.4, 0.5) is 0 Å². The van der Waals surface area contributed by atoms with Crippen molar-refractivity contribution in [3.05, 3.63) is 45.6 Å². The number of allylic oxidation sites excluding steroid dienone is 8. The first-order valence-corrected chi connectivity index (χ1v) is 28.1. The summed E-state index contributed by atoms with van der Waals surface area (Å²) in [4.78, 5) is 0. The van der Waals surface area contributed by atoms with Gasteiger partial charge in [0.25, 0.3) is 0 Å². The molecular weight excluding hydrogens is 777 g/mol. The zero-order chi connectivity index (χ0) is 44.2. The molecule has 0 N–H and O–H groups in total. The molecule has 0 aliphatic heterocycles. The normalized spacial score (nSPS) is 15.6. The van der Waals surface area contributed by atoms with Gasteiger partial charge in [-0.2, -0.15) is 22.3 Å². The van der Waals surface area contributed by atoms with Gasteiger partial charge in [0.2, 0.25) is 0 Å². The smallest absolute Gasteiger partial charge is 0.262 e. The average molecular weight is 887 g/mol. The minimum Gasteiger partial charge on any atom is -0.262 e. The molecule has 0 saturated carbocycles. The summed E-state index contributed by atoms with van der Waals surface area (Å²) in [6.45, 7) is 23.4. The summed E-state index contributed by atoms with van der Waals surface area (Å²) in [6.07, 6.45) is 62.8. The van der Waals surface area contributed by atoms with Gasteiger partial charge in [0, 0.05) is 0 Å².